The van der Waals surface area contributed by atoms with E-state index < -0.39 is 10.8 Å². The summed E-state index contributed by atoms with van der Waals surface area (Å²) in [5.74, 6) is 0. The first-order valence-corrected chi connectivity index (χ1v) is 9.14. The van der Waals surface area contributed by atoms with Crippen LogP contribution in [0.25, 0.3) is 11.4 Å². The van der Waals surface area contributed by atoms with E-state index in [4.69, 9.17) is 0 Å². The van der Waals surface area contributed by atoms with Crippen molar-refractivity contribution in [1.29, 1.82) is 0 Å². The summed E-state index contributed by atoms with van der Waals surface area (Å²) in [6.45, 7) is 2.83. The van der Waals surface area contributed by atoms with Gasteiger partial charge in [0.2, 0.25) is 0 Å². The fourth-order valence-electron chi connectivity index (χ4n) is 3.48. The molecule has 2 fully saturated rings. The molecule has 2 aromatic heterocycles. The Kier molecular flexibility index (Phi) is 3.80. The Labute approximate surface area is 132 Å². The minimum atomic E-state index is -0.617. The predicted octanol–water partition coefficient (Wildman–Crippen LogP) is 1.96. The number of fused-ring (bicyclic) bond motifs is 2. The fourth-order valence-corrected chi connectivity index (χ4v) is 5.46. The average Bonchev–Trinajstić information content (AvgIpc) is 3.08. The van der Waals surface area contributed by atoms with Gasteiger partial charge >= 0.3 is 0 Å². The quantitative estimate of drug-likeness (QED) is 0.940. The molecule has 3 unspecified atom stereocenters. The SMILES string of the molecule is O=S1C2CCC1CN(Cc1cc(-c3ccccn3)n[nH]1)CC2. The summed E-state index contributed by atoms with van der Waals surface area (Å²) < 4.78 is 12.3. The summed E-state index contributed by atoms with van der Waals surface area (Å²) in [7, 11) is -0.617. The molecule has 0 aliphatic carbocycles. The van der Waals surface area contributed by atoms with Crippen LogP contribution in [0, 0.1) is 0 Å². The van der Waals surface area contributed by atoms with Crippen molar-refractivity contribution in [1.82, 2.24) is 20.1 Å². The summed E-state index contributed by atoms with van der Waals surface area (Å²) >= 11 is 0. The normalized spacial score (nSPS) is 28.6. The first kappa shape index (κ1) is 14.1. The molecule has 4 heterocycles. The molecule has 4 rings (SSSR count). The molecule has 0 amide bonds. The number of pyridine rings is 1. The Morgan fingerprint density at radius 3 is 3.00 bits per heavy atom. The van der Waals surface area contributed by atoms with Crippen LogP contribution in [0.2, 0.25) is 0 Å². The maximum absolute atomic E-state index is 12.3. The van der Waals surface area contributed by atoms with E-state index in [0.717, 1.165) is 56.0 Å². The third-order valence-electron chi connectivity index (χ3n) is 4.65. The molecular weight excluding hydrogens is 296 g/mol. The Balaban J connectivity index is 1.46. The lowest BCUT2D eigenvalue weighted by atomic mass is 10.1. The number of hydrogen-bond donors (Lipinski definition) is 1. The molecule has 2 aromatic rings. The standard InChI is InChI=1S/C16H20N4OS/c21-22-13-4-5-14(22)11-20(8-6-13)10-12-9-16(19-18-12)15-3-1-2-7-17-15/h1-3,7,9,13-14H,4-6,8,10-11H2,(H,18,19). The summed E-state index contributed by atoms with van der Waals surface area (Å²) in [5, 5.41) is 8.28. The van der Waals surface area contributed by atoms with E-state index in [1.807, 2.05) is 18.2 Å². The molecule has 2 bridgehead atoms. The number of aromatic nitrogens is 3. The number of nitrogens with zero attached hydrogens (tertiary/aromatic N) is 3. The number of H-pyrrole nitrogens is 1. The van der Waals surface area contributed by atoms with E-state index >= 15 is 0 Å². The average molecular weight is 316 g/mol. The molecule has 22 heavy (non-hydrogen) atoms. The van der Waals surface area contributed by atoms with Crippen LogP contribution >= 0.6 is 0 Å². The Morgan fingerprint density at radius 1 is 1.23 bits per heavy atom. The zero-order chi connectivity index (χ0) is 14.9. The molecule has 0 spiro atoms. The number of rotatable bonds is 3. The fraction of sp³-hybridized carbons (Fsp3) is 0.500. The van der Waals surface area contributed by atoms with Crippen molar-refractivity contribution >= 4 is 10.8 Å². The third-order valence-corrected chi connectivity index (χ3v) is 6.82. The van der Waals surface area contributed by atoms with E-state index in [-0.39, 0.29) is 0 Å². The minimum Gasteiger partial charge on any atom is -0.296 e. The summed E-state index contributed by atoms with van der Waals surface area (Å²) in [6, 6.07) is 7.91. The molecule has 116 valence electrons. The first-order chi connectivity index (χ1) is 10.8. The molecule has 2 aliphatic heterocycles. The van der Waals surface area contributed by atoms with Crippen molar-refractivity contribution in [2.45, 2.75) is 36.3 Å². The lowest BCUT2D eigenvalue weighted by molar-refractivity contribution is 0.252. The first-order valence-electron chi connectivity index (χ1n) is 7.87. The van der Waals surface area contributed by atoms with Crippen LogP contribution in [0.15, 0.2) is 30.5 Å². The van der Waals surface area contributed by atoms with Gasteiger partial charge in [-0.25, -0.2) is 0 Å². The van der Waals surface area contributed by atoms with Gasteiger partial charge in [-0.15, -0.1) is 0 Å². The molecule has 0 aromatic carbocycles. The smallest absolute Gasteiger partial charge is 0.111 e. The van der Waals surface area contributed by atoms with Crippen LogP contribution in [0.1, 0.15) is 25.0 Å². The van der Waals surface area contributed by atoms with E-state index in [2.05, 4.69) is 26.1 Å². The number of nitrogens with one attached hydrogen (secondary N) is 1. The van der Waals surface area contributed by atoms with Crippen LogP contribution in [-0.2, 0) is 17.3 Å². The summed E-state index contributed by atoms with van der Waals surface area (Å²) in [6.07, 6.45) is 5.11. The Morgan fingerprint density at radius 2 is 2.14 bits per heavy atom. The van der Waals surface area contributed by atoms with Gasteiger partial charge in [0.15, 0.2) is 0 Å². The van der Waals surface area contributed by atoms with Crippen LogP contribution in [0.3, 0.4) is 0 Å². The van der Waals surface area contributed by atoms with Crippen molar-refractivity contribution in [2.75, 3.05) is 13.1 Å². The number of aromatic amines is 1. The molecule has 0 radical (unpaired) electrons. The third kappa shape index (κ3) is 2.73. The molecule has 0 saturated carbocycles. The van der Waals surface area contributed by atoms with E-state index in [1.165, 1.54) is 0 Å². The number of hydrogen-bond acceptors (Lipinski definition) is 4. The summed E-state index contributed by atoms with van der Waals surface area (Å²) in [5.41, 5.74) is 2.88. The lowest BCUT2D eigenvalue weighted by Gasteiger charge is -2.22. The van der Waals surface area contributed by atoms with Gasteiger partial charge in [0.25, 0.3) is 0 Å². The highest BCUT2D eigenvalue weighted by molar-refractivity contribution is 7.86. The van der Waals surface area contributed by atoms with Gasteiger partial charge in [-0.3, -0.25) is 19.2 Å². The van der Waals surface area contributed by atoms with Gasteiger partial charge in [0, 0.05) is 46.3 Å². The van der Waals surface area contributed by atoms with Crippen LogP contribution in [0.5, 0.6) is 0 Å². The summed E-state index contributed by atoms with van der Waals surface area (Å²) in [4.78, 5) is 6.74. The number of likely N-dealkylation sites (tertiary alicyclic amines) is 1. The van der Waals surface area contributed by atoms with Gasteiger partial charge in [-0.05, 0) is 44.0 Å². The van der Waals surface area contributed by atoms with Crippen molar-refractivity contribution in [3.8, 4) is 11.4 Å². The van der Waals surface area contributed by atoms with Crippen LogP contribution in [-0.4, -0.2) is 47.9 Å². The second-order valence-corrected chi connectivity index (χ2v) is 8.16. The molecule has 6 heteroatoms. The predicted molar refractivity (Wildman–Crippen MR) is 86.7 cm³/mol. The molecule has 2 saturated heterocycles. The zero-order valence-electron chi connectivity index (χ0n) is 12.4. The van der Waals surface area contributed by atoms with Gasteiger partial charge in [-0.1, -0.05) is 6.07 Å². The highest BCUT2D eigenvalue weighted by Gasteiger charge is 2.36. The Hall–Kier alpha value is -1.53. The molecule has 3 atom stereocenters. The second kappa shape index (κ2) is 5.93. The van der Waals surface area contributed by atoms with Gasteiger partial charge in [-0.2, -0.15) is 5.10 Å². The molecular formula is C16H20N4OS. The minimum absolute atomic E-state index is 0.366. The second-order valence-electron chi connectivity index (χ2n) is 6.17. The van der Waals surface area contributed by atoms with Crippen molar-refractivity contribution in [2.24, 2.45) is 0 Å². The van der Waals surface area contributed by atoms with E-state index in [0.29, 0.717) is 10.5 Å². The van der Waals surface area contributed by atoms with Gasteiger partial charge in [0.1, 0.15) is 5.69 Å². The van der Waals surface area contributed by atoms with Crippen LogP contribution < -0.4 is 0 Å². The highest BCUT2D eigenvalue weighted by Crippen LogP contribution is 2.30. The lowest BCUT2D eigenvalue weighted by Crippen LogP contribution is -2.31. The monoisotopic (exact) mass is 316 g/mol. The molecule has 1 N–H and O–H groups in total. The zero-order valence-corrected chi connectivity index (χ0v) is 13.3. The maximum Gasteiger partial charge on any atom is 0.111 e. The van der Waals surface area contributed by atoms with E-state index in [1.54, 1.807) is 6.20 Å². The van der Waals surface area contributed by atoms with Gasteiger partial charge in [0.05, 0.1) is 5.69 Å². The van der Waals surface area contributed by atoms with Crippen molar-refractivity contribution < 1.29 is 4.21 Å². The van der Waals surface area contributed by atoms with Crippen LogP contribution in [0.4, 0.5) is 0 Å². The van der Waals surface area contributed by atoms with Gasteiger partial charge < -0.3 is 0 Å². The van der Waals surface area contributed by atoms with E-state index in [9.17, 15) is 4.21 Å². The van der Waals surface area contributed by atoms with Crippen molar-refractivity contribution in [3.05, 3.63) is 36.2 Å². The molecule has 2 aliphatic rings. The maximum atomic E-state index is 12.3. The molecule has 5 nitrogen and oxygen atoms in total. The topological polar surface area (TPSA) is 61.9 Å². The Bertz CT molecular complexity index is 672. The highest BCUT2D eigenvalue weighted by atomic mass is 32.2. The van der Waals surface area contributed by atoms with Crippen molar-refractivity contribution in [3.63, 3.8) is 0 Å². The largest absolute Gasteiger partial charge is 0.296 e.